The smallest absolute Gasteiger partial charge is 0.410 e. The van der Waals surface area contributed by atoms with E-state index in [1.807, 2.05) is 32.6 Å². The van der Waals surface area contributed by atoms with Crippen molar-refractivity contribution in [2.45, 2.75) is 85.3 Å². The highest BCUT2D eigenvalue weighted by molar-refractivity contribution is 7.15. The highest BCUT2D eigenvalue weighted by Gasteiger charge is 2.44. The molecule has 0 radical (unpaired) electrons. The maximum absolute atomic E-state index is 12.5. The summed E-state index contributed by atoms with van der Waals surface area (Å²) in [4.78, 5) is 25.4. The van der Waals surface area contributed by atoms with Crippen LogP contribution in [0.3, 0.4) is 0 Å². The Kier molecular flexibility index (Phi) is 7.30. The van der Waals surface area contributed by atoms with Crippen LogP contribution in [0, 0.1) is 26.2 Å². The second-order valence-electron chi connectivity index (χ2n) is 13.8. The highest BCUT2D eigenvalue weighted by atomic mass is 32.1. The Morgan fingerprint density at radius 3 is 2.51 bits per heavy atom. The summed E-state index contributed by atoms with van der Waals surface area (Å²) >= 11 is 1.76. The number of oxazole rings is 1. The number of aliphatic imine (C=N–C) groups is 1. The first-order chi connectivity index (χ1) is 21.5. The summed E-state index contributed by atoms with van der Waals surface area (Å²) in [6.07, 6.45) is 10.2. The van der Waals surface area contributed by atoms with Gasteiger partial charge in [0.25, 0.3) is 0 Å². The molecule has 3 aliphatic rings. The molecule has 2 fully saturated rings. The molecule has 1 unspecified atom stereocenters. The van der Waals surface area contributed by atoms with Gasteiger partial charge in [-0.15, -0.1) is 21.5 Å². The Morgan fingerprint density at radius 2 is 1.84 bits per heavy atom. The second kappa shape index (κ2) is 11.1. The molecule has 234 valence electrons. The van der Waals surface area contributed by atoms with Gasteiger partial charge in [0.2, 0.25) is 0 Å². The Hall–Kier alpha value is -4.05. The minimum atomic E-state index is -0.459. The van der Waals surface area contributed by atoms with Crippen molar-refractivity contribution in [1.29, 1.82) is 0 Å². The molecule has 1 saturated carbocycles. The Morgan fingerprint density at radius 1 is 1.11 bits per heavy atom. The minimum Gasteiger partial charge on any atom is -0.449 e. The van der Waals surface area contributed by atoms with Crippen molar-refractivity contribution in [3.05, 3.63) is 87.0 Å². The number of aryl methyl sites for hydroxylation is 2. The molecule has 1 spiro atoms. The number of nitrogens with zero attached hydrogens (tertiary/aromatic N) is 6. The van der Waals surface area contributed by atoms with Crippen molar-refractivity contribution in [3.63, 3.8) is 0 Å². The van der Waals surface area contributed by atoms with Gasteiger partial charge in [-0.25, -0.2) is 9.78 Å². The molecule has 7 rings (SSSR count). The van der Waals surface area contributed by atoms with Crippen molar-refractivity contribution in [2.75, 3.05) is 13.1 Å². The van der Waals surface area contributed by atoms with Crippen LogP contribution in [0.5, 0.6) is 0 Å². The molecular formula is C35H40N6O3S. The van der Waals surface area contributed by atoms with Crippen LogP contribution < -0.4 is 0 Å². The fraction of sp³-hybridized carbons (Fsp3) is 0.457. The van der Waals surface area contributed by atoms with Crippen molar-refractivity contribution in [3.8, 4) is 5.00 Å². The predicted molar refractivity (Wildman–Crippen MR) is 175 cm³/mol. The number of carbonyl (C=O) groups is 1. The standard InChI is InChI=1S/C35H40N6O3S/c1-21-22(2)45-32-29(21)30(37-27(18-28-36-13-16-43-28)31-39-38-23(3)41(31)32)26-9-7-24(8-10-26)17-25-19-35(20-25)11-14-40(15-12-35)33(42)44-34(4,5)6/h7-10,13,16-17,27H,11-12,14-15,18-20H2,1-6H3. The van der Waals surface area contributed by atoms with Crippen LogP contribution in [0.25, 0.3) is 11.1 Å². The molecule has 4 aromatic rings. The van der Waals surface area contributed by atoms with Crippen LogP contribution in [-0.4, -0.2) is 55.1 Å². The number of hydrogen-bond acceptors (Lipinski definition) is 8. The van der Waals surface area contributed by atoms with E-state index in [-0.39, 0.29) is 12.1 Å². The van der Waals surface area contributed by atoms with E-state index in [1.165, 1.54) is 21.6 Å². The van der Waals surface area contributed by atoms with Gasteiger partial charge in [0.05, 0.1) is 18.3 Å². The summed E-state index contributed by atoms with van der Waals surface area (Å²) in [5.41, 5.74) is 6.95. The molecular weight excluding hydrogens is 584 g/mol. The fourth-order valence-electron chi connectivity index (χ4n) is 6.87. The number of likely N-dealkylation sites (tertiary alicyclic amines) is 1. The first-order valence-electron chi connectivity index (χ1n) is 15.8. The maximum atomic E-state index is 12.5. The fourth-order valence-corrected chi connectivity index (χ4v) is 8.09. The van der Waals surface area contributed by atoms with Crippen LogP contribution in [0.15, 0.2) is 51.7 Å². The molecule has 1 aliphatic carbocycles. The van der Waals surface area contributed by atoms with Crippen LogP contribution in [-0.2, 0) is 11.2 Å². The number of thiophene rings is 1. The van der Waals surface area contributed by atoms with Crippen molar-refractivity contribution in [2.24, 2.45) is 10.4 Å². The molecule has 10 heteroatoms. The van der Waals surface area contributed by atoms with Crippen LogP contribution in [0.1, 0.15) is 97.2 Å². The van der Waals surface area contributed by atoms with E-state index in [2.05, 4.69) is 63.9 Å². The number of fused-ring (bicyclic) bond motifs is 3. The van der Waals surface area contributed by atoms with Gasteiger partial charge in [-0.1, -0.05) is 35.9 Å². The molecule has 1 aromatic carbocycles. The average molecular weight is 625 g/mol. The number of hydrogen-bond donors (Lipinski definition) is 0. The lowest BCUT2D eigenvalue weighted by molar-refractivity contribution is 0.00448. The summed E-state index contributed by atoms with van der Waals surface area (Å²) in [6, 6.07) is 8.50. The topological polar surface area (TPSA) is 98.6 Å². The zero-order valence-electron chi connectivity index (χ0n) is 26.9. The molecule has 3 aromatic heterocycles. The number of aromatic nitrogens is 4. The van der Waals surface area contributed by atoms with Crippen LogP contribution in [0.4, 0.5) is 4.79 Å². The molecule has 0 N–H and O–H groups in total. The van der Waals surface area contributed by atoms with E-state index in [0.29, 0.717) is 17.7 Å². The van der Waals surface area contributed by atoms with E-state index in [4.69, 9.17) is 14.1 Å². The molecule has 5 heterocycles. The third-order valence-corrected chi connectivity index (χ3v) is 10.5. The molecule has 45 heavy (non-hydrogen) atoms. The molecule has 1 atom stereocenters. The summed E-state index contributed by atoms with van der Waals surface area (Å²) in [5.74, 6) is 2.28. The lowest BCUT2D eigenvalue weighted by Crippen LogP contribution is -2.47. The normalized spacial score (nSPS) is 19.0. The number of allylic oxidation sites excluding steroid dienone is 1. The predicted octanol–water partition coefficient (Wildman–Crippen LogP) is 7.57. The SMILES string of the molecule is Cc1sc2c(c1C)C(c1ccc(C=C3CC4(CCN(C(=O)OC(C)(C)C)CC4)C3)cc1)=NC(Cc1ncco1)c1nnc(C)n1-2. The zero-order valence-corrected chi connectivity index (χ0v) is 27.7. The van der Waals surface area contributed by atoms with Crippen molar-refractivity contribution < 1.29 is 13.9 Å². The van der Waals surface area contributed by atoms with E-state index in [1.54, 1.807) is 23.8 Å². The van der Waals surface area contributed by atoms with Crippen molar-refractivity contribution >= 4 is 29.2 Å². The van der Waals surface area contributed by atoms with Crippen LogP contribution >= 0.6 is 11.3 Å². The number of ether oxygens (including phenoxy) is 1. The van der Waals surface area contributed by atoms with Gasteiger partial charge in [0.1, 0.15) is 28.7 Å². The van der Waals surface area contributed by atoms with E-state index in [0.717, 1.165) is 72.3 Å². The van der Waals surface area contributed by atoms with Gasteiger partial charge in [0, 0.05) is 29.1 Å². The second-order valence-corrected chi connectivity index (χ2v) is 15.0. The number of benzene rings is 1. The van der Waals surface area contributed by atoms with Gasteiger partial charge in [-0.05, 0) is 83.8 Å². The van der Waals surface area contributed by atoms with Gasteiger partial charge in [-0.3, -0.25) is 9.56 Å². The van der Waals surface area contributed by atoms with E-state index in [9.17, 15) is 4.79 Å². The summed E-state index contributed by atoms with van der Waals surface area (Å²) < 4.78 is 13.4. The number of carbonyl (C=O) groups excluding carboxylic acids is 1. The van der Waals surface area contributed by atoms with Gasteiger partial charge < -0.3 is 14.1 Å². The summed E-state index contributed by atoms with van der Waals surface area (Å²) in [7, 11) is 0. The van der Waals surface area contributed by atoms with Gasteiger partial charge in [-0.2, -0.15) is 0 Å². The minimum absolute atomic E-state index is 0.189. The lowest BCUT2D eigenvalue weighted by Gasteiger charge is -2.49. The lowest BCUT2D eigenvalue weighted by atomic mass is 9.60. The zero-order chi connectivity index (χ0) is 31.5. The highest BCUT2D eigenvalue weighted by Crippen LogP contribution is 2.53. The third kappa shape index (κ3) is 5.65. The number of rotatable bonds is 4. The van der Waals surface area contributed by atoms with Crippen LogP contribution in [0.2, 0.25) is 0 Å². The molecule has 2 aliphatic heterocycles. The maximum Gasteiger partial charge on any atom is 0.410 e. The molecule has 1 amide bonds. The molecule has 9 nitrogen and oxygen atoms in total. The third-order valence-electron chi connectivity index (χ3n) is 9.33. The summed E-state index contributed by atoms with van der Waals surface area (Å²) in [5, 5.41) is 10.1. The number of amides is 1. The molecule has 0 bridgehead atoms. The Balaban J connectivity index is 1.11. The first kappa shape index (κ1) is 29.6. The van der Waals surface area contributed by atoms with Gasteiger partial charge in [0.15, 0.2) is 11.7 Å². The average Bonchev–Trinajstić information content (AvgIpc) is 3.68. The van der Waals surface area contributed by atoms with E-state index < -0.39 is 5.60 Å². The number of piperidine rings is 1. The monoisotopic (exact) mass is 624 g/mol. The van der Waals surface area contributed by atoms with Gasteiger partial charge >= 0.3 is 6.09 Å². The van der Waals surface area contributed by atoms with Crippen molar-refractivity contribution in [1.82, 2.24) is 24.6 Å². The summed E-state index contributed by atoms with van der Waals surface area (Å²) in [6.45, 7) is 13.6. The Bertz CT molecular complexity index is 1790. The Labute approximate surface area is 268 Å². The first-order valence-corrected chi connectivity index (χ1v) is 16.6. The van der Waals surface area contributed by atoms with E-state index >= 15 is 0 Å². The largest absolute Gasteiger partial charge is 0.449 e. The quantitative estimate of drug-likeness (QED) is 0.232. The molecule has 1 saturated heterocycles.